The lowest BCUT2D eigenvalue weighted by molar-refractivity contribution is 0.482. The average Bonchev–Trinajstić information content (AvgIpc) is 2.87. The Balaban J connectivity index is 1.85. The van der Waals surface area contributed by atoms with Gasteiger partial charge in [-0.05, 0) is 30.7 Å². The molecule has 98 valence electrons. The minimum atomic E-state index is 0.268. The van der Waals surface area contributed by atoms with Gasteiger partial charge in [0.15, 0.2) is 5.75 Å². The van der Waals surface area contributed by atoms with Gasteiger partial charge in [0.25, 0.3) is 0 Å². The van der Waals surface area contributed by atoms with Crippen molar-refractivity contribution in [2.75, 3.05) is 18.0 Å². The predicted octanol–water partition coefficient (Wildman–Crippen LogP) is 3.02. The van der Waals surface area contributed by atoms with E-state index in [0.29, 0.717) is 0 Å². The largest absolute Gasteiger partial charge is 0.455 e. The van der Waals surface area contributed by atoms with Crippen LogP contribution < -0.4 is 15.4 Å². The lowest BCUT2D eigenvalue weighted by Crippen LogP contribution is -2.26. The Bertz CT molecular complexity index is 541. The van der Waals surface area contributed by atoms with Crippen LogP contribution in [0.25, 0.3) is 0 Å². The second-order valence-corrected chi connectivity index (χ2v) is 4.88. The minimum absolute atomic E-state index is 0.268. The van der Waals surface area contributed by atoms with Crippen molar-refractivity contribution in [3.63, 3.8) is 0 Å². The monoisotopic (exact) mass is 254 g/mol. The van der Waals surface area contributed by atoms with E-state index in [2.05, 4.69) is 11.0 Å². The third kappa shape index (κ3) is 2.71. The number of ether oxygens (including phenoxy) is 1. The number of benzene rings is 2. The van der Waals surface area contributed by atoms with E-state index in [0.717, 1.165) is 36.7 Å². The van der Waals surface area contributed by atoms with Gasteiger partial charge in [-0.25, -0.2) is 0 Å². The molecule has 3 rings (SSSR count). The molecule has 3 nitrogen and oxygen atoms in total. The molecule has 2 aromatic carbocycles. The molecule has 0 bridgehead atoms. The van der Waals surface area contributed by atoms with Crippen LogP contribution in [0.1, 0.15) is 6.42 Å². The molecule has 1 aliphatic rings. The Labute approximate surface area is 113 Å². The third-order valence-electron chi connectivity index (χ3n) is 3.40. The van der Waals surface area contributed by atoms with E-state index in [1.165, 1.54) is 0 Å². The summed E-state index contributed by atoms with van der Waals surface area (Å²) in [5.41, 5.74) is 7.11. The summed E-state index contributed by atoms with van der Waals surface area (Å²) in [6.45, 7) is 1.89. The van der Waals surface area contributed by atoms with E-state index in [1.54, 1.807) is 0 Å². The zero-order valence-electron chi connectivity index (χ0n) is 10.8. The smallest absolute Gasteiger partial charge is 0.150 e. The second-order valence-electron chi connectivity index (χ2n) is 4.88. The molecule has 0 aliphatic carbocycles. The normalized spacial score (nSPS) is 18.6. The first-order chi connectivity index (χ1) is 9.33. The number of nitrogens with two attached hydrogens (primary N) is 1. The van der Waals surface area contributed by atoms with Crippen LogP contribution >= 0.6 is 0 Å². The van der Waals surface area contributed by atoms with Crippen LogP contribution in [0.5, 0.6) is 11.5 Å². The van der Waals surface area contributed by atoms with Crippen LogP contribution in [-0.2, 0) is 0 Å². The fraction of sp³-hybridized carbons (Fsp3) is 0.250. The van der Waals surface area contributed by atoms with Gasteiger partial charge in [0.1, 0.15) is 5.75 Å². The van der Waals surface area contributed by atoms with Gasteiger partial charge >= 0.3 is 0 Å². The molecule has 1 atom stereocenters. The summed E-state index contributed by atoms with van der Waals surface area (Å²) in [6, 6.07) is 18.3. The molecular weight excluding hydrogens is 236 g/mol. The minimum Gasteiger partial charge on any atom is -0.455 e. The number of hydrogen-bond donors (Lipinski definition) is 1. The molecule has 1 fully saturated rings. The third-order valence-corrected chi connectivity index (χ3v) is 3.40. The lowest BCUT2D eigenvalue weighted by atomic mass is 10.2. The zero-order chi connectivity index (χ0) is 13.1. The van der Waals surface area contributed by atoms with Gasteiger partial charge in [-0.1, -0.05) is 30.3 Å². The van der Waals surface area contributed by atoms with Crippen LogP contribution in [0.4, 0.5) is 5.69 Å². The van der Waals surface area contributed by atoms with Gasteiger partial charge < -0.3 is 15.4 Å². The molecule has 0 spiro atoms. The van der Waals surface area contributed by atoms with E-state index in [4.69, 9.17) is 10.5 Å². The fourth-order valence-corrected chi connectivity index (χ4v) is 2.43. The Hall–Kier alpha value is -2.00. The summed E-state index contributed by atoms with van der Waals surface area (Å²) in [4.78, 5) is 2.29. The number of nitrogens with zero attached hydrogens (tertiary/aromatic N) is 1. The van der Waals surface area contributed by atoms with Crippen molar-refractivity contribution in [1.82, 2.24) is 0 Å². The number of rotatable bonds is 3. The molecule has 2 N–H and O–H groups in total. The first-order valence-electron chi connectivity index (χ1n) is 6.65. The van der Waals surface area contributed by atoms with Crippen molar-refractivity contribution in [3.8, 4) is 11.5 Å². The molecule has 0 saturated carbocycles. The lowest BCUT2D eigenvalue weighted by Gasteiger charge is -2.21. The maximum atomic E-state index is 5.98. The van der Waals surface area contributed by atoms with Gasteiger partial charge in [0, 0.05) is 19.1 Å². The van der Waals surface area contributed by atoms with Gasteiger partial charge in [-0.15, -0.1) is 0 Å². The van der Waals surface area contributed by atoms with E-state index < -0.39 is 0 Å². The molecule has 2 aromatic rings. The Morgan fingerprint density at radius 3 is 2.47 bits per heavy atom. The summed E-state index contributed by atoms with van der Waals surface area (Å²) < 4.78 is 5.97. The second kappa shape index (κ2) is 5.33. The van der Waals surface area contributed by atoms with Crippen LogP contribution in [0.3, 0.4) is 0 Å². The molecule has 0 amide bonds. The summed E-state index contributed by atoms with van der Waals surface area (Å²) in [6.07, 6.45) is 1.04. The highest BCUT2D eigenvalue weighted by Gasteiger charge is 2.21. The topological polar surface area (TPSA) is 38.5 Å². The van der Waals surface area contributed by atoms with Crippen molar-refractivity contribution in [3.05, 3.63) is 54.6 Å². The molecule has 19 heavy (non-hydrogen) atoms. The van der Waals surface area contributed by atoms with Crippen LogP contribution in [0, 0.1) is 0 Å². The Morgan fingerprint density at radius 1 is 1.00 bits per heavy atom. The van der Waals surface area contributed by atoms with E-state index >= 15 is 0 Å². The number of para-hydroxylation sites is 3. The SMILES string of the molecule is NC1CCN(c2ccccc2Oc2ccccc2)C1. The summed E-state index contributed by atoms with van der Waals surface area (Å²) in [5.74, 6) is 1.75. The highest BCUT2D eigenvalue weighted by atomic mass is 16.5. The average molecular weight is 254 g/mol. The Kier molecular flexibility index (Phi) is 3.38. The van der Waals surface area contributed by atoms with Gasteiger partial charge in [-0.3, -0.25) is 0 Å². The van der Waals surface area contributed by atoms with Crippen LogP contribution in [0.15, 0.2) is 54.6 Å². The molecular formula is C16H18N2O. The molecule has 0 aromatic heterocycles. The van der Waals surface area contributed by atoms with E-state index in [-0.39, 0.29) is 6.04 Å². The number of anilines is 1. The van der Waals surface area contributed by atoms with Crippen molar-refractivity contribution in [2.45, 2.75) is 12.5 Å². The maximum absolute atomic E-state index is 5.98. The van der Waals surface area contributed by atoms with Crippen molar-refractivity contribution in [1.29, 1.82) is 0 Å². The van der Waals surface area contributed by atoms with E-state index in [9.17, 15) is 0 Å². The van der Waals surface area contributed by atoms with Gasteiger partial charge in [0.05, 0.1) is 5.69 Å². The highest BCUT2D eigenvalue weighted by molar-refractivity contribution is 5.60. The molecule has 1 heterocycles. The van der Waals surface area contributed by atoms with Crippen molar-refractivity contribution in [2.24, 2.45) is 5.73 Å². The summed E-state index contributed by atoms with van der Waals surface area (Å²) in [7, 11) is 0. The molecule has 1 saturated heterocycles. The predicted molar refractivity (Wildman–Crippen MR) is 77.8 cm³/mol. The molecule has 3 heteroatoms. The molecule has 1 aliphatic heterocycles. The zero-order valence-corrected chi connectivity index (χ0v) is 10.8. The van der Waals surface area contributed by atoms with Gasteiger partial charge in [-0.2, -0.15) is 0 Å². The standard InChI is InChI=1S/C16H18N2O/c17-13-10-11-18(12-13)15-8-4-5-9-16(15)19-14-6-2-1-3-7-14/h1-9,13H,10-12,17H2. The first kappa shape index (κ1) is 12.1. The van der Waals surface area contributed by atoms with Crippen molar-refractivity contribution >= 4 is 5.69 Å². The quantitative estimate of drug-likeness (QED) is 0.915. The van der Waals surface area contributed by atoms with Crippen LogP contribution in [0.2, 0.25) is 0 Å². The highest BCUT2D eigenvalue weighted by Crippen LogP contribution is 2.33. The maximum Gasteiger partial charge on any atom is 0.150 e. The van der Waals surface area contributed by atoms with E-state index in [1.807, 2.05) is 48.5 Å². The fourth-order valence-electron chi connectivity index (χ4n) is 2.43. The molecule has 1 unspecified atom stereocenters. The summed E-state index contributed by atoms with van der Waals surface area (Å²) >= 11 is 0. The number of hydrogen-bond acceptors (Lipinski definition) is 3. The van der Waals surface area contributed by atoms with Crippen molar-refractivity contribution < 1.29 is 4.74 Å². The Morgan fingerprint density at radius 2 is 1.74 bits per heavy atom. The first-order valence-corrected chi connectivity index (χ1v) is 6.65. The summed E-state index contributed by atoms with van der Waals surface area (Å²) in [5, 5.41) is 0. The van der Waals surface area contributed by atoms with Gasteiger partial charge in [0.2, 0.25) is 0 Å². The van der Waals surface area contributed by atoms with Crippen LogP contribution in [-0.4, -0.2) is 19.1 Å². The molecule has 0 radical (unpaired) electrons.